The van der Waals surface area contributed by atoms with Gasteiger partial charge in [0.05, 0.1) is 7.11 Å². The lowest BCUT2D eigenvalue weighted by Crippen LogP contribution is -2.45. The fraction of sp³-hybridized carbons (Fsp3) is 0.600. The predicted octanol–water partition coefficient (Wildman–Crippen LogP) is 2.25. The molecule has 1 N–H and O–H groups in total. The number of likely N-dealkylation sites (tertiary alicyclic amines) is 1. The van der Waals surface area contributed by atoms with Crippen LogP contribution in [0.1, 0.15) is 25.7 Å². The highest BCUT2D eigenvalue weighted by atomic mass is 35.5. The first-order chi connectivity index (χ1) is 10.5. The molecule has 0 spiro atoms. The minimum atomic E-state index is -3.59. The summed E-state index contributed by atoms with van der Waals surface area (Å²) in [4.78, 5) is 2.61. The summed E-state index contributed by atoms with van der Waals surface area (Å²) in [6.07, 6.45) is 4.29. The van der Waals surface area contributed by atoms with Crippen LogP contribution in [0.2, 0.25) is 5.02 Å². The number of nitrogens with zero attached hydrogens (tertiary/aromatic N) is 1. The Morgan fingerprint density at radius 1 is 1.23 bits per heavy atom. The molecular formula is C15H21ClN2O3S. The van der Waals surface area contributed by atoms with Crippen LogP contribution in [-0.2, 0) is 10.0 Å². The number of methoxy groups -OCH3 is 1. The summed E-state index contributed by atoms with van der Waals surface area (Å²) < 4.78 is 33.1. The molecule has 1 aliphatic carbocycles. The highest BCUT2D eigenvalue weighted by Crippen LogP contribution is 2.30. The van der Waals surface area contributed by atoms with Crippen LogP contribution >= 0.6 is 11.6 Å². The van der Waals surface area contributed by atoms with Crippen molar-refractivity contribution in [3.05, 3.63) is 23.2 Å². The van der Waals surface area contributed by atoms with E-state index in [1.54, 1.807) is 6.07 Å². The van der Waals surface area contributed by atoms with Crippen LogP contribution in [0, 0.1) is 0 Å². The van der Waals surface area contributed by atoms with Gasteiger partial charge in [-0.05, 0) is 50.9 Å². The van der Waals surface area contributed by atoms with Gasteiger partial charge in [-0.1, -0.05) is 11.6 Å². The molecule has 0 bridgehead atoms. The van der Waals surface area contributed by atoms with Gasteiger partial charge >= 0.3 is 0 Å². The van der Waals surface area contributed by atoms with E-state index in [-0.39, 0.29) is 16.7 Å². The molecular weight excluding hydrogens is 324 g/mol. The highest BCUT2D eigenvalue weighted by Gasteiger charge is 2.33. The van der Waals surface area contributed by atoms with Crippen LogP contribution in [-0.4, -0.2) is 45.6 Å². The Balaban J connectivity index is 1.68. The van der Waals surface area contributed by atoms with Crippen LogP contribution in [0.5, 0.6) is 5.75 Å². The van der Waals surface area contributed by atoms with Gasteiger partial charge in [0.1, 0.15) is 10.6 Å². The van der Waals surface area contributed by atoms with Crippen LogP contribution in [0.3, 0.4) is 0 Å². The third-order valence-electron chi connectivity index (χ3n) is 4.33. The lowest BCUT2D eigenvalue weighted by Gasteiger charge is -2.32. The SMILES string of the molecule is COc1cc(Cl)ccc1S(=O)(=O)NC1CCN(C2CC2)CC1. The number of ether oxygens (including phenoxy) is 1. The molecule has 0 radical (unpaired) electrons. The van der Waals surface area contributed by atoms with Gasteiger partial charge in [-0.25, -0.2) is 13.1 Å². The van der Waals surface area contributed by atoms with Crippen molar-refractivity contribution in [1.29, 1.82) is 0 Å². The highest BCUT2D eigenvalue weighted by molar-refractivity contribution is 7.89. The zero-order valence-electron chi connectivity index (χ0n) is 12.6. The molecule has 122 valence electrons. The van der Waals surface area contributed by atoms with Crippen molar-refractivity contribution in [2.45, 2.75) is 42.7 Å². The predicted molar refractivity (Wildman–Crippen MR) is 85.9 cm³/mol. The van der Waals surface area contributed by atoms with Crippen LogP contribution in [0.25, 0.3) is 0 Å². The normalized spacial score (nSPS) is 21.0. The second-order valence-corrected chi connectivity index (χ2v) is 8.08. The lowest BCUT2D eigenvalue weighted by molar-refractivity contribution is 0.199. The Morgan fingerprint density at radius 2 is 1.91 bits per heavy atom. The maximum Gasteiger partial charge on any atom is 0.244 e. The summed E-state index contributed by atoms with van der Waals surface area (Å²) in [6.45, 7) is 1.94. The van der Waals surface area contributed by atoms with Crippen molar-refractivity contribution in [3.63, 3.8) is 0 Å². The van der Waals surface area contributed by atoms with Crippen molar-refractivity contribution < 1.29 is 13.2 Å². The molecule has 2 aliphatic rings. The second-order valence-electron chi connectivity index (χ2n) is 5.96. The summed E-state index contributed by atoms with van der Waals surface area (Å²) >= 11 is 5.89. The van der Waals surface area contributed by atoms with Gasteiger partial charge in [0, 0.05) is 23.2 Å². The summed E-state index contributed by atoms with van der Waals surface area (Å²) in [5.41, 5.74) is 0. The molecule has 0 amide bonds. The fourth-order valence-corrected chi connectivity index (χ4v) is 4.59. The number of hydrogen-bond donors (Lipinski definition) is 1. The van der Waals surface area contributed by atoms with Gasteiger partial charge in [-0.2, -0.15) is 0 Å². The molecule has 1 saturated heterocycles. The average molecular weight is 345 g/mol. The van der Waals surface area contributed by atoms with E-state index >= 15 is 0 Å². The molecule has 0 unspecified atom stereocenters. The molecule has 7 heteroatoms. The Kier molecular flexibility index (Phi) is 4.64. The van der Waals surface area contributed by atoms with E-state index in [9.17, 15) is 8.42 Å². The van der Waals surface area contributed by atoms with E-state index in [0.29, 0.717) is 5.02 Å². The van der Waals surface area contributed by atoms with E-state index in [1.165, 1.54) is 32.1 Å². The average Bonchev–Trinajstić information content (AvgIpc) is 3.32. The molecule has 1 saturated carbocycles. The molecule has 1 aromatic rings. The Hall–Kier alpha value is -0.820. The van der Waals surface area contributed by atoms with Gasteiger partial charge in [0.15, 0.2) is 0 Å². The summed E-state index contributed by atoms with van der Waals surface area (Å²) in [7, 11) is -2.15. The third-order valence-corrected chi connectivity index (χ3v) is 6.12. The van der Waals surface area contributed by atoms with Gasteiger partial charge < -0.3 is 9.64 Å². The Bertz CT molecular complexity index is 638. The summed E-state index contributed by atoms with van der Waals surface area (Å²) in [5, 5.41) is 0.452. The Labute approximate surface area is 136 Å². The van der Waals surface area contributed by atoms with E-state index in [4.69, 9.17) is 16.3 Å². The minimum absolute atomic E-state index is 0.0135. The number of sulfonamides is 1. The lowest BCUT2D eigenvalue weighted by atomic mass is 10.1. The van der Waals surface area contributed by atoms with Crippen LogP contribution in [0.15, 0.2) is 23.1 Å². The number of rotatable bonds is 5. The molecule has 5 nitrogen and oxygen atoms in total. The van der Waals surface area contributed by atoms with Crippen LogP contribution < -0.4 is 9.46 Å². The maximum absolute atomic E-state index is 12.6. The van der Waals surface area contributed by atoms with E-state index < -0.39 is 10.0 Å². The molecule has 3 rings (SSSR count). The smallest absolute Gasteiger partial charge is 0.244 e. The van der Waals surface area contributed by atoms with E-state index in [1.807, 2.05) is 0 Å². The zero-order valence-corrected chi connectivity index (χ0v) is 14.2. The topological polar surface area (TPSA) is 58.6 Å². The number of benzene rings is 1. The molecule has 2 fully saturated rings. The second kappa shape index (κ2) is 6.35. The monoisotopic (exact) mass is 344 g/mol. The van der Waals surface area contributed by atoms with Crippen molar-refractivity contribution in [3.8, 4) is 5.75 Å². The zero-order chi connectivity index (χ0) is 15.7. The van der Waals surface area contributed by atoms with Crippen molar-refractivity contribution in [1.82, 2.24) is 9.62 Å². The van der Waals surface area contributed by atoms with Gasteiger partial charge in [0.2, 0.25) is 10.0 Å². The van der Waals surface area contributed by atoms with Crippen LogP contribution in [0.4, 0.5) is 0 Å². The van der Waals surface area contributed by atoms with Gasteiger partial charge in [-0.15, -0.1) is 0 Å². The first-order valence-corrected chi connectivity index (χ1v) is 9.45. The molecule has 0 atom stereocenters. The summed E-state index contributed by atoms with van der Waals surface area (Å²) in [5.74, 6) is 0.274. The number of piperidine rings is 1. The van der Waals surface area contributed by atoms with E-state index in [2.05, 4.69) is 9.62 Å². The van der Waals surface area contributed by atoms with Gasteiger partial charge in [-0.3, -0.25) is 0 Å². The first kappa shape index (κ1) is 16.1. The number of nitrogens with one attached hydrogen (secondary N) is 1. The molecule has 22 heavy (non-hydrogen) atoms. The summed E-state index contributed by atoms with van der Waals surface area (Å²) in [6, 6.07) is 5.30. The number of hydrogen-bond acceptors (Lipinski definition) is 4. The molecule has 0 aromatic heterocycles. The van der Waals surface area contributed by atoms with E-state index in [0.717, 1.165) is 32.0 Å². The molecule has 1 heterocycles. The maximum atomic E-state index is 12.6. The van der Waals surface area contributed by atoms with Crippen molar-refractivity contribution in [2.75, 3.05) is 20.2 Å². The van der Waals surface area contributed by atoms with Crippen molar-refractivity contribution >= 4 is 21.6 Å². The largest absolute Gasteiger partial charge is 0.495 e. The quantitative estimate of drug-likeness (QED) is 0.890. The third kappa shape index (κ3) is 3.56. The standard InChI is InChI=1S/C15H21ClN2O3S/c1-21-14-10-11(16)2-5-15(14)22(19,20)17-12-6-8-18(9-7-12)13-3-4-13/h2,5,10,12-13,17H,3-4,6-9H2,1H3. The van der Waals surface area contributed by atoms with Gasteiger partial charge in [0.25, 0.3) is 0 Å². The minimum Gasteiger partial charge on any atom is -0.495 e. The molecule has 1 aliphatic heterocycles. The first-order valence-electron chi connectivity index (χ1n) is 7.59. The van der Waals surface area contributed by atoms with Crippen molar-refractivity contribution in [2.24, 2.45) is 0 Å². The fourth-order valence-electron chi connectivity index (χ4n) is 2.97. The Morgan fingerprint density at radius 3 is 2.50 bits per heavy atom. The number of halogens is 1. The molecule has 1 aromatic carbocycles.